The molecule has 0 N–H and O–H groups in total. The van der Waals surface area contributed by atoms with Crippen LogP contribution in [0.5, 0.6) is 0 Å². The van der Waals surface area contributed by atoms with Gasteiger partial charge in [-0.15, -0.1) is 6.58 Å². The number of thioether (sulfide) groups is 1. The molecule has 1 aromatic carbocycles. The van der Waals surface area contributed by atoms with Crippen molar-refractivity contribution in [2.75, 3.05) is 12.4 Å². The lowest BCUT2D eigenvalue weighted by Crippen LogP contribution is -2.24. The summed E-state index contributed by atoms with van der Waals surface area (Å²) in [6, 6.07) is 5.17. The Morgan fingerprint density at radius 2 is 2.26 bits per heavy atom. The summed E-state index contributed by atoms with van der Waals surface area (Å²) in [6.07, 6.45) is 2.75. The van der Waals surface area contributed by atoms with E-state index in [0.29, 0.717) is 40.0 Å². The standard InChI is InChI=1S/C17H21ClN2O2S/c1-4-10-23-17-19-15-11-13(18)6-7-14(15)16(21)20(17)8-5-9-22-12(2)3/h4,6-7,11-12H,1,5,8-10H2,2-3H3. The highest BCUT2D eigenvalue weighted by atomic mass is 35.5. The number of nitrogens with zero attached hydrogens (tertiary/aromatic N) is 2. The second-order valence-corrected chi connectivity index (χ2v) is 6.81. The summed E-state index contributed by atoms with van der Waals surface area (Å²) in [4.78, 5) is 17.4. The monoisotopic (exact) mass is 352 g/mol. The Bertz CT molecular complexity index is 743. The molecule has 6 heteroatoms. The minimum Gasteiger partial charge on any atom is -0.379 e. The molecule has 0 radical (unpaired) electrons. The summed E-state index contributed by atoms with van der Waals surface area (Å²) in [5, 5.41) is 1.85. The maximum absolute atomic E-state index is 12.8. The third-order valence-corrected chi connectivity index (χ3v) is 4.40. The fourth-order valence-electron chi connectivity index (χ4n) is 2.16. The summed E-state index contributed by atoms with van der Waals surface area (Å²) in [5.74, 6) is 0.695. The Morgan fingerprint density at radius 1 is 1.48 bits per heavy atom. The van der Waals surface area contributed by atoms with Gasteiger partial charge in [-0.2, -0.15) is 0 Å². The van der Waals surface area contributed by atoms with Crippen molar-refractivity contribution < 1.29 is 4.74 Å². The molecular formula is C17H21ClN2O2S. The molecule has 4 nitrogen and oxygen atoms in total. The summed E-state index contributed by atoms with van der Waals surface area (Å²) in [5.41, 5.74) is 0.589. The van der Waals surface area contributed by atoms with Gasteiger partial charge in [-0.25, -0.2) is 4.98 Å². The highest BCUT2D eigenvalue weighted by Gasteiger charge is 2.11. The van der Waals surface area contributed by atoms with Gasteiger partial charge < -0.3 is 4.74 Å². The number of benzene rings is 1. The minimum atomic E-state index is -0.0391. The second kappa shape index (κ2) is 8.52. The van der Waals surface area contributed by atoms with Crippen molar-refractivity contribution in [1.29, 1.82) is 0 Å². The average molecular weight is 353 g/mol. The van der Waals surface area contributed by atoms with Gasteiger partial charge in [0.25, 0.3) is 5.56 Å². The van der Waals surface area contributed by atoms with Crippen LogP contribution in [-0.2, 0) is 11.3 Å². The van der Waals surface area contributed by atoms with Gasteiger partial charge in [-0.1, -0.05) is 29.4 Å². The van der Waals surface area contributed by atoms with Crippen LogP contribution in [0, 0.1) is 0 Å². The van der Waals surface area contributed by atoms with Crippen LogP contribution in [-0.4, -0.2) is 28.0 Å². The van der Waals surface area contributed by atoms with Crippen molar-refractivity contribution >= 4 is 34.3 Å². The zero-order chi connectivity index (χ0) is 16.8. The predicted molar refractivity (Wildman–Crippen MR) is 97.6 cm³/mol. The minimum absolute atomic E-state index is 0.0391. The smallest absolute Gasteiger partial charge is 0.262 e. The molecule has 0 fully saturated rings. The first-order chi connectivity index (χ1) is 11.0. The first-order valence-corrected chi connectivity index (χ1v) is 8.94. The van der Waals surface area contributed by atoms with Crippen molar-refractivity contribution in [2.45, 2.75) is 38.1 Å². The Morgan fingerprint density at radius 3 is 2.96 bits per heavy atom. The molecule has 0 aliphatic heterocycles. The van der Waals surface area contributed by atoms with E-state index in [2.05, 4.69) is 11.6 Å². The summed E-state index contributed by atoms with van der Waals surface area (Å²) in [6.45, 7) is 8.92. The largest absolute Gasteiger partial charge is 0.379 e. The van der Waals surface area contributed by atoms with Gasteiger partial charge in [0.05, 0.1) is 17.0 Å². The molecule has 0 saturated heterocycles. The molecule has 0 spiro atoms. The molecule has 1 aromatic heterocycles. The topological polar surface area (TPSA) is 44.1 Å². The van der Waals surface area contributed by atoms with Gasteiger partial charge >= 0.3 is 0 Å². The molecule has 1 heterocycles. The number of hydrogen-bond donors (Lipinski definition) is 0. The number of ether oxygens (including phenoxy) is 1. The lowest BCUT2D eigenvalue weighted by Gasteiger charge is -2.13. The number of aromatic nitrogens is 2. The summed E-state index contributed by atoms with van der Waals surface area (Å²) < 4.78 is 7.27. The van der Waals surface area contributed by atoms with Crippen LogP contribution >= 0.6 is 23.4 Å². The highest BCUT2D eigenvalue weighted by Crippen LogP contribution is 2.20. The molecule has 23 heavy (non-hydrogen) atoms. The van der Waals surface area contributed by atoms with Crippen LogP contribution in [0.25, 0.3) is 10.9 Å². The molecule has 0 amide bonds. The molecular weight excluding hydrogens is 332 g/mol. The lowest BCUT2D eigenvalue weighted by atomic mass is 10.2. The zero-order valence-electron chi connectivity index (χ0n) is 13.4. The highest BCUT2D eigenvalue weighted by molar-refractivity contribution is 7.99. The fraction of sp³-hybridized carbons (Fsp3) is 0.412. The molecule has 0 aliphatic carbocycles. The van der Waals surface area contributed by atoms with Gasteiger partial charge in [0.2, 0.25) is 0 Å². The quantitative estimate of drug-likeness (QED) is 0.310. The van der Waals surface area contributed by atoms with Gasteiger partial charge in [-0.05, 0) is 38.5 Å². The van der Waals surface area contributed by atoms with Crippen LogP contribution in [0.15, 0.2) is 40.8 Å². The van der Waals surface area contributed by atoms with E-state index in [1.54, 1.807) is 28.8 Å². The molecule has 2 rings (SSSR count). The van der Waals surface area contributed by atoms with E-state index in [1.807, 2.05) is 13.8 Å². The normalized spacial score (nSPS) is 11.3. The Balaban J connectivity index is 2.34. The third kappa shape index (κ3) is 4.83. The number of rotatable bonds is 8. The Kier molecular flexibility index (Phi) is 6.69. The van der Waals surface area contributed by atoms with E-state index in [1.165, 1.54) is 11.8 Å². The summed E-state index contributed by atoms with van der Waals surface area (Å²) >= 11 is 7.51. The van der Waals surface area contributed by atoms with E-state index < -0.39 is 0 Å². The van der Waals surface area contributed by atoms with Crippen LogP contribution < -0.4 is 5.56 Å². The van der Waals surface area contributed by atoms with Gasteiger partial charge in [0, 0.05) is 23.9 Å². The maximum Gasteiger partial charge on any atom is 0.262 e. The van der Waals surface area contributed by atoms with Gasteiger partial charge in [0.15, 0.2) is 5.16 Å². The van der Waals surface area contributed by atoms with Crippen molar-refractivity contribution in [3.63, 3.8) is 0 Å². The van der Waals surface area contributed by atoms with E-state index in [0.717, 1.165) is 6.42 Å². The van der Waals surface area contributed by atoms with E-state index in [4.69, 9.17) is 16.3 Å². The Hall–Kier alpha value is -1.30. The van der Waals surface area contributed by atoms with E-state index in [9.17, 15) is 4.79 Å². The van der Waals surface area contributed by atoms with Crippen LogP contribution in [0.4, 0.5) is 0 Å². The van der Waals surface area contributed by atoms with Crippen LogP contribution in [0.1, 0.15) is 20.3 Å². The molecule has 2 aromatic rings. The number of halogens is 1. The fourth-order valence-corrected chi connectivity index (χ4v) is 3.08. The molecule has 0 atom stereocenters. The third-order valence-electron chi connectivity index (χ3n) is 3.19. The van der Waals surface area contributed by atoms with Crippen molar-refractivity contribution in [1.82, 2.24) is 9.55 Å². The molecule has 124 valence electrons. The average Bonchev–Trinajstić information content (AvgIpc) is 2.50. The first-order valence-electron chi connectivity index (χ1n) is 7.58. The second-order valence-electron chi connectivity index (χ2n) is 5.39. The predicted octanol–water partition coefficient (Wildman–Crippen LogP) is 4.14. The van der Waals surface area contributed by atoms with Crippen LogP contribution in [0.3, 0.4) is 0 Å². The van der Waals surface area contributed by atoms with Crippen molar-refractivity contribution in [2.24, 2.45) is 0 Å². The maximum atomic E-state index is 12.8. The van der Waals surface area contributed by atoms with E-state index in [-0.39, 0.29) is 11.7 Å². The van der Waals surface area contributed by atoms with Crippen LogP contribution in [0.2, 0.25) is 5.02 Å². The lowest BCUT2D eigenvalue weighted by molar-refractivity contribution is 0.0743. The zero-order valence-corrected chi connectivity index (χ0v) is 15.0. The van der Waals surface area contributed by atoms with E-state index >= 15 is 0 Å². The van der Waals surface area contributed by atoms with Gasteiger partial charge in [-0.3, -0.25) is 9.36 Å². The molecule has 0 saturated carbocycles. The Labute approximate surface area is 145 Å². The SMILES string of the molecule is C=CCSc1nc2cc(Cl)ccc2c(=O)n1CCCOC(C)C. The number of fused-ring (bicyclic) bond motifs is 1. The number of hydrogen-bond acceptors (Lipinski definition) is 4. The first kappa shape index (κ1) is 18.0. The molecule has 0 bridgehead atoms. The summed E-state index contributed by atoms with van der Waals surface area (Å²) in [7, 11) is 0. The van der Waals surface area contributed by atoms with Gasteiger partial charge in [0.1, 0.15) is 0 Å². The molecule has 0 unspecified atom stereocenters. The van der Waals surface area contributed by atoms with Crippen molar-refractivity contribution in [3.8, 4) is 0 Å². The molecule has 0 aliphatic rings. The van der Waals surface area contributed by atoms with Crippen molar-refractivity contribution in [3.05, 3.63) is 46.2 Å².